The number of nitrogens with one attached hydrogen (secondary N) is 1. The van der Waals surface area contributed by atoms with E-state index < -0.39 is 51.4 Å². The van der Waals surface area contributed by atoms with Crippen molar-refractivity contribution in [3.05, 3.63) is 143 Å². The number of hydrogen-bond donors (Lipinski definition) is 1. The van der Waals surface area contributed by atoms with Crippen molar-refractivity contribution in [1.82, 2.24) is 24.9 Å². The van der Waals surface area contributed by atoms with Gasteiger partial charge < -0.3 is 15.1 Å². The van der Waals surface area contributed by atoms with E-state index in [1.54, 1.807) is 52.0 Å². The van der Waals surface area contributed by atoms with Gasteiger partial charge >= 0.3 is 0 Å². The lowest BCUT2D eigenvalue weighted by Gasteiger charge is -2.41. The minimum atomic E-state index is -0.714. The van der Waals surface area contributed by atoms with Crippen molar-refractivity contribution in [2.45, 2.75) is 112 Å². The third-order valence-corrected chi connectivity index (χ3v) is 15.9. The summed E-state index contributed by atoms with van der Waals surface area (Å²) < 4.78 is 53.6. The Hall–Kier alpha value is -5.61. The van der Waals surface area contributed by atoms with Crippen molar-refractivity contribution >= 4 is 46.0 Å². The fourth-order valence-corrected chi connectivity index (χ4v) is 10.5. The van der Waals surface area contributed by atoms with Crippen molar-refractivity contribution in [1.29, 1.82) is 0 Å². The number of carbonyl (C=O) groups excluding carboxylic acids is 6. The van der Waals surface area contributed by atoms with Crippen LogP contribution in [0.1, 0.15) is 128 Å². The molecule has 3 atom stereocenters. The van der Waals surface area contributed by atoms with Crippen molar-refractivity contribution < 1.29 is 46.3 Å². The topological polar surface area (TPSA) is 127 Å². The lowest BCUT2D eigenvalue weighted by molar-refractivity contribution is -0.150. The van der Waals surface area contributed by atoms with Crippen molar-refractivity contribution in [2.75, 3.05) is 58.9 Å². The standard InChI is InChI=1S/C30H36F2N2O3.C17H18F2N2.C12H18ClNO3.CH4/c1-4-30(2,3)28(36)27(35)24-6-5-7-25(24)29(37)34-18-16-33(17-19-34)26(20-8-12-22(31)13-9-20)21-10-14-23(32)15-11-21;18-15-5-1-13(2-6-15)17(21-11-9-20-10-12-21)14-3-7-16(19)8-4-14;1-4-12(2,3)9(15)11(17)14-7-5-6-8(14)10(13)16;/h8-15,24-26H,4-7,16-19H2,1-3H3;1-8,17,20H,9-12H2;8H,4-7H2,1-3H3;1H4/t24?,25-;;8-;/m1.0./s1. The molecule has 8 rings (SSSR count). The number of benzene rings is 4. The molecule has 1 N–H and O–H groups in total. The maximum atomic E-state index is 13.6. The smallest absolute Gasteiger partial charge is 0.291 e. The number of piperazine rings is 2. The first-order chi connectivity index (χ1) is 35.7. The molecule has 2 amide bonds. The van der Waals surface area contributed by atoms with Crippen LogP contribution in [0.25, 0.3) is 0 Å². The largest absolute Gasteiger partial charge is 0.340 e. The zero-order valence-corrected chi connectivity index (χ0v) is 44.8. The molecule has 76 heavy (non-hydrogen) atoms. The Morgan fingerprint density at radius 2 is 0.921 bits per heavy atom. The number of amides is 2. The molecule has 11 nitrogen and oxygen atoms in total. The quantitative estimate of drug-likeness (QED) is 0.0703. The molecule has 1 saturated carbocycles. The second-order valence-corrected chi connectivity index (χ2v) is 21.6. The Balaban J connectivity index is 0.000000231. The van der Waals surface area contributed by atoms with E-state index in [1.165, 1.54) is 53.4 Å². The second-order valence-electron chi connectivity index (χ2n) is 21.3. The maximum Gasteiger partial charge on any atom is 0.291 e. The summed E-state index contributed by atoms with van der Waals surface area (Å²) in [7, 11) is 0. The first-order valence-corrected chi connectivity index (χ1v) is 26.7. The van der Waals surface area contributed by atoms with Gasteiger partial charge in [-0.2, -0.15) is 0 Å². The molecule has 1 aliphatic carbocycles. The first kappa shape index (κ1) is 61.2. The summed E-state index contributed by atoms with van der Waals surface area (Å²) in [5.41, 5.74) is 2.46. The van der Waals surface area contributed by atoms with E-state index in [4.69, 9.17) is 11.6 Å². The summed E-state index contributed by atoms with van der Waals surface area (Å²) in [6.45, 7) is 17.1. The highest BCUT2D eigenvalue weighted by atomic mass is 35.5. The predicted octanol–water partition coefficient (Wildman–Crippen LogP) is 10.5. The third kappa shape index (κ3) is 15.3. The number of carbonyl (C=O) groups is 6. The highest BCUT2D eigenvalue weighted by Crippen LogP contribution is 2.38. The molecule has 0 radical (unpaired) electrons. The van der Waals surface area contributed by atoms with Gasteiger partial charge in [0, 0.05) is 81.6 Å². The van der Waals surface area contributed by atoms with Crippen molar-refractivity contribution in [2.24, 2.45) is 22.7 Å². The van der Waals surface area contributed by atoms with Gasteiger partial charge in [-0.3, -0.25) is 38.6 Å². The third-order valence-electron chi connectivity index (χ3n) is 15.6. The fourth-order valence-electron chi connectivity index (χ4n) is 10.2. The van der Waals surface area contributed by atoms with Crippen LogP contribution in [0, 0.1) is 45.9 Å². The normalized spacial score (nSPS) is 19.2. The van der Waals surface area contributed by atoms with Crippen LogP contribution in [-0.2, 0) is 28.8 Å². The van der Waals surface area contributed by atoms with E-state index >= 15 is 0 Å². The zero-order valence-electron chi connectivity index (χ0n) is 44.1. The SMILES string of the molecule is C.CCC(C)(C)C(=O)C(=O)C1CCC[C@H]1C(=O)N1CCN(C(c2ccc(F)cc2)c2ccc(F)cc2)CC1.CCC(C)(C)C(=O)C(=O)N1CCC[C@H]1C(=O)Cl.Fc1ccc(C(c2ccc(F)cc2)N2CCNCC2)cc1. The van der Waals surface area contributed by atoms with Gasteiger partial charge in [0.1, 0.15) is 29.3 Å². The Bertz CT molecular complexity index is 2490. The molecule has 4 aromatic carbocycles. The molecule has 4 aliphatic rings. The predicted molar refractivity (Wildman–Crippen MR) is 288 cm³/mol. The van der Waals surface area contributed by atoms with E-state index in [1.807, 2.05) is 43.0 Å². The average molecular weight is 1070 g/mol. The summed E-state index contributed by atoms with van der Waals surface area (Å²) in [5, 5.41) is 2.77. The lowest BCUT2D eigenvalue weighted by Crippen LogP contribution is -2.52. The molecule has 1 unspecified atom stereocenters. The van der Waals surface area contributed by atoms with Gasteiger partial charge in [-0.15, -0.1) is 0 Å². The highest BCUT2D eigenvalue weighted by molar-refractivity contribution is 6.65. The van der Waals surface area contributed by atoms with Gasteiger partial charge in [0.15, 0.2) is 0 Å². The van der Waals surface area contributed by atoms with Crippen LogP contribution in [0.2, 0.25) is 0 Å². The van der Waals surface area contributed by atoms with E-state index in [0.29, 0.717) is 71.2 Å². The molecular formula is C60H76ClF4N5O6. The van der Waals surface area contributed by atoms with Gasteiger partial charge in [-0.25, -0.2) is 17.6 Å². The highest BCUT2D eigenvalue weighted by Gasteiger charge is 2.45. The lowest BCUT2D eigenvalue weighted by atomic mass is 9.78. The Morgan fingerprint density at radius 3 is 1.32 bits per heavy atom. The summed E-state index contributed by atoms with van der Waals surface area (Å²) in [6, 6.07) is 25.0. The summed E-state index contributed by atoms with van der Waals surface area (Å²) >= 11 is 5.43. The Kier molecular flexibility index (Phi) is 22.3. The molecule has 4 aromatic rings. The molecule has 0 spiro atoms. The molecule has 3 saturated heterocycles. The molecule has 3 aliphatic heterocycles. The van der Waals surface area contributed by atoms with Crippen molar-refractivity contribution in [3.63, 3.8) is 0 Å². The van der Waals surface area contributed by atoms with Crippen molar-refractivity contribution in [3.8, 4) is 0 Å². The zero-order chi connectivity index (χ0) is 54.6. The number of nitrogens with zero attached hydrogens (tertiary/aromatic N) is 4. The van der Waals surface area contributed by atoms with Crippen LogP contribution in [0.3, 0.4) is 0 Å². The number of hydrogen-bond acceptors (Lipinski definition) is 9. The van der Waals surface area contributed by atoms with Gasteiger partial charge in [-0.05, 0) is 121 Å². The fraction of sp³-hybridized carbons (Fsp3) is 0.500. The second kappa shape index (κ2) is 27.6. The molecule has 3 heterocycles. The molecule has 16 heteroatoms. The number of rotatable bonds is 15. The van der Waals surface area contributed by atoms with Gasteiger partial charge in [0.05, 0.1) is 12.1 Å². The van der Waals surface area contributed by atoms with Crippen LogP contribution in [0.5, 0.6) is 0 Å². The number of ketones is 3. The molecule has 4 fully saturated rings. The van der Waals surface area contributed by atoms with Gasteiger partial charge in [0.2, 0.25) is 28.5 Å². The average Bonchev–Trinajstić information content (AvgIpc) is 4.13. The van der Waals surface area contributed by atoms with E-state index in [9.17, 15) is 46.3 Å². The van der Waals surface area contributed by atoms with Gasteiger partial charge in [0.25, 0.3) is 5.91 Å². The molecule has 0 bridgehead atoms. The van der Waals surface area contributed by atoms with Crippen LogP contribution < -0.4 is 5.32 Å². The maximum absolute atomic E-state index is 13.6. The number of halogens is 5. The molecular weight excluding hydrogens is 998 g/mol. The minimum absolute atomic E-state index is 0. The summed E-state index contributed by atoms with van der Waals surface area (Å²) in [4.78, 5) is 82.3. The molecule has 0 aromatic heterocycles. The van der Waals surface area contributed by atoms with E-state index in [0.717, 1.165) is 54.9 Å². The Morgan fingerprint density at radius 1 is 0.539 bits per heavy atom. The first-order valence-electron chi connectivity index (χ1n) is 26.3. The van der Waals surface area contributed by atoms with Gasteiger partial charge in [-0.1, -0.05) is 104 Å². The molecule has 412 valence electrons. The van der Waals surface area contributed by atoms with Crippen LogP contribution in [0.15, 0.2) is 97.1 Å². The summed E-state index contributed by atoms with van der Waals surface area (Å²) in [5.74, 6) is -3.92. The van der Waals surface area contributed by atoms with Crippen LogP contribution in [0.4, 0.5) is 17.6 Å². The summed E-state index contributed by atoms with van der Waals surface area (Å²) in [6.07, 6.45) is 4.41. The Labute approximate surface area is 451 Å². The van der Waals surface area contributed by atoms with E-state index in [-0.39, 0.29) is 54.5 Å². The minimum Gasteiger partial charge on any atom is -0.340 e. The monoisotopic (exact) mass is 1070 g/mol. The number of likely N-dealkylation sites (tertiary alicyclic amines) is 1. The van der Waals surface area contributed by atoms with E-state index in [2.05, 4.69) is 15.1 Å². The van der Waals surface area contributed by atoms with Crippen LogP contribution in [-0.4, -0.2) is 119 Å². The number of Topliss-reactive ketones (excluding diaryl/α,β-unsaturated/α-hetero) is 3. The van der Waals surface area contributed by atoms with Crippen LogP contribution >= 0.6 is 11.6 Å².